The number of amides is 1. The lowest BCUT2D eigenvalue weighted by atomic mass is 10.2. The second-order valence-corrected chi connectivity index (χ2v) is 8.24. The molecule has 0 radical (unpaired) electrons. The van der Waals surface area contributed by atoms with Gasteiger partial charge in [-0.3, -0.25) is 13.9 Å². The summed E-state index contributed by atoms with van der Waals surface area (Å²) in [7, 11) is 0. The van der Waals surface area contributed by atoms with Crippen LogP contribution >= 0.6 is 11.6 Å². The molecule has 33 heavy (non-hydrogen) atoms. The molecule has 0 bridgehead atoms. The second kappa shape index (κ2) is 8.63. The quantitative estimate of drug-likeness (QED) is 0.410. The maximum absolute atomic E-state index is 14.0. The topological polar surface area (TPSA) is 77.1 Å². The molecular weight excluding hydrogens is 443 g/mol. The Balaban J connectivity index is 1.36. The molecule has 0 atom stereocenters. The number of aryl methyl sites for hydroxylation is 1. The number of nitrogens with one attached hydrogen (secondary N) is 1. The third-order valence-corrected chi connectivity index (χ3v) is 5.76. The molecule has 0 saturated heterocycles. The minimum absolute atomic E-state index is 0.181. The van der Waals surface area contributed by atoms with Crippen molar-refractivity contribution in [2.45, 2.75) is 19.9 Å². The molecule has 3 heterocycles. The van der Waals surface area contributed by atoms with Crippen molar-refractivity contribution in [1.29, 1.82) is 0 Å². The largest absolute Gasteiger partial charge is 0.350 e. The molecule has 2 aromatic carbocycles. The fraction of sp³-hybridized carbons (Fsp3) is 0.167. The molecule has 0 aliphatic rings. The molecule has 1 amide bonds. The van der Waals surface area contributed by atoms with Crippen molar-refractivity contribution in [3.63, 3.8) is 0 Å². The number of aromatic nitrogens is 5. The highest BCUT2D eigenvalue weighted by molar-refractivity contribution is 6.30. The van der Waals surface area contributed by atoms with E-state index in [1.54, 1.807) is 22.9 Å². The van der Waals surface area contributed by atoms with Gasteiger partial charge in [-0.2, -0.15) is 5.10 Å². The number of pyridine rings is 1. The summed E-state index contributed by atoms with van der Waals surface area (Å²) in [6.07, 6.45) is 2.39. The molecule has 0 saturated carbocycles. The Kier molecular flexibility index (Phi) is 5.51. The van der Waals surface area contributed by atoms with E-state index in [1.807, 2.05) is 41.8 Å². The smallest absolute Gasteiger partial charge is 0.272 e. The predicted octanol–water partition coefficient (Wildman–Crippen LogP) is 4.20. The lowest BCUT2D eigenvalue weighted by Crippen LogP contribution is -2.27. The zero-order valence-electron chi connectivity index (χ0n) is 17.8. The molecule has 0 unspecified atom stereocenters. The van der Waals surface area contributed by atoms with Crippen LogP contribution in [0.15, 0.2) is 60.8 Å². The van der Waals surface area contributed by atoms with Gasteiger partial charge in [0.1, 0.15) is 11.6 Å². The van der Waals surface area contributed by atoms with Crippen LogP contribution in [0.5, 0.6) is 0 Å². The summed E-state index contributed by atoms with van der Waals surface area (Å²) in [5, 5.41) is 16.9. The SMILES string of the molecule is Cc1cccn2c(CCNC(=O)c3nn(Cc4ccc(Cl)cc4)c4ccc(F)cc34)nnc12. The first-order valence-electron chi connectivity index (χ1n) is 10.5. The Morgan fingerprint density at radius 2 is 1.94 bits per heavy atom. The van der Waals surface area contributed by atoms with Crippen molar-refractivity contribution in [2.75, 3.05) is 6.54 Å². The zero-order valence-corrected chi connectivity index (χ0v) is 18.6. The fourth-order valence-electron chi connectivity index (χ4n) is 3.84. The van der Waals surface area contributed by atoms with Crippen molar-refractivity contribution in [1.82, 2.24) is 29.7 Å². The molecule has 5 aromatic rings. The van der Waals surface area contributed by atoms with Crippen molar-refractivity contribution >= 4 is 34.1 Å². The Labute approximate surface area is 193 Å². The standard InChI is InChI=1S/C24H20ClFN6O/c1-15-3-2-12-31-21(28-29-23(15)31)10-11-27-24(33)22-19-13-18(26)8-9-20(19)32(30-22)14-16-4-6-17(25)7-5-16/h2-9,12-13H,10-11,14H2,1H3,(H,27,33). The van der Waals surface area contributed by atoms with Crippen molar-refractivity contribution in [2.24, 2.45) is 0 Å². The van der Waals surface area contributed by atoms with Gasteiger partial charge in [-0.05, 0) is 54.4 Å². The number of fused-ring (bicyclic) bond motifs is 2. The molecule has 1 N–H and O–H groups in total. The number of nitrogens with zero attached hydrogens (tertiary/aromatic N) is 5. The van der Waals surface area contributed by atoms with Crippen LogP contribution < -0.4 is 5.32 Å². The highest BCUT2D eigenvalue weighted by atomic mass is 35.5. The number of carbonyl (C=O) groups is 1. The van der Waals surface area contributed by atoms with E-state index in [4.69, 9.17) is 11.6 Å². The van der Waals surface area contributed by atoms with E-state index < -0.39 is 5.82 Å². The van der Waals surface area contributed by atoms with Crippen LogP contribution in [-0.2, 0) is 13.0 Å². The Bertz CT molecular complexity index is 1470. The lowest BCUT2D eigenvalue weighted by Gasteiger charge is -2.04. The van der Waals surface area contributed by atoms with Crippen LogP contribution in [0.4, 0.5) is 4.39 Å². The maximum Gasteiger partial charge on any atom is 0.272 e. The van der Waals surface area contributed by atoms with Crippen LogP contribution in [0.3, 0.4) is 0 Å². The monoisotopic (exact) mass is 462 g/mol. The van der Waals surface area contributed by atoms with Gasteiger partial charge in [0.15, 0.2) is 11.3 Å². The van der Waals surface area contributed by atoms with Crippen molar-refractivity contribution < 1.29 is 9.18 Å². The first kappa shape index (κ1) is 21.1. The molecule has 9 heteroatoms. The average Bonchev–Trinajstić information content (AvgIpc) is 3.37. The molecule has 166 valence electrons. The zero-order chi connectivity index (χ0) is 22.9. The first-order chi connectivity index (χ1) is 16.0. The normalized spacial score (nSPS) is 11.4. The summed E-state index contributed by atoms with van der Waals surface area (Å²) in [6.45, 7) is 2.74. The Morgan fingerprint density at radius 3 is 2.76 bits per heavy atom. The van der Waals surface area contributed by atoms with Crippen LogP contribution in [0.25, 0.3) is 16.6 Å². The van der Waals surface area contributed by atoms with Crippen molar-refractivity contribution in [3.05, 3.63) is 94.3 Å². The van der Waals surface area contributed by atoms with Gasteiger partial charge < -0.3 is 5.32 Å². The number of hydrogen-bond donors (Lipinski definition) is 1. The van der Waals surface area contributed by atoms with E-state index >= 15 is 0 Å². The molecule has 7 nitrogen and oxygen atoms in total. The van der Waals surface area contributed by atoms with Gasteiger partial charge >= 0.3 is 0 Å². The van der Waals surface area contributed by atoms with E-state index in [0.29, 0.717) is 35.4 Å². The van der Waals surface area contributed by atoms with E-state index in [9.17, 15) is 9.18 Å². The van der Waals surface area contributed by atoms with Gasteiger partial charge in [0.05, 0.1) is 12.1 Å². The molecule has 0 aliphatic carbocycles. The highest BCUT2D eigenvalue weighted by Gasteiger charge is 2.18. The summed E-state index contributed by atoms with van der Waals surface area (Å²) in [5.74, 6) is -0.0449. The maximum atomic E-state index is 14.0. The van der Waals surface area contributed by atoms with Crippen LogP contribution in [-0.4, -0.2) is 36.8 Å². The highest BCUT2D eigenvalue weighted by Crippen LogP contribution is 2.22. The molecular formula is C24H20ClFN6O. The summed E-state index contributed by atoms with van der Waals surface area (Å²) in [5.41, 5.74) is 3.64. The Hall–Kier alpha value is -3.78. The summed E-state index contributed by atoms with van der Waals surface area (Å²) in [6, 6.07) is 15.6. The Morgan fingerprint density at radius 1 is 1.12 bits per heavy atom. The number of hydrogen-bond acceptors (Lipinski definition) is 4. The third kappa shape index (κ3) is 4.17. The second-order valence-electron chi connectivity index (χ2n) is 7.80. The van der Waals surface area contributed by atoms with Gasteiger partial charge in [-0.1, -0.05) is 29.8 Å². The van der Waals surface area contributed by atoms with Crippen LogP contribution in [0.1, 0.15) is 27.4 Å². The van der Waals surface area contributed by atoms with E-state index in [-0.39, 0.29) is 11.6 Å². The number of benzene rings is 2. The number of carbonyl (C=O) groups excluding carboxylic acids is 1. The molecule has 0 spiro atoms. The van der Waals surface area contributed by atoms with Crippen molar-refractivity contribution in [3.8, 4) is 0 Å². The minimum atomic E-state index is -0.423. The van der Waals surface area contributed by atoms with Gasteiger partial charge in [-0.15, -0.1) is 10.2 Å². The van der Waals surface area contributed by atoms with Gasteiger partial charge in [0.2, 0.25) is 0 Å². The third-order valence-electron chi connectivity index (χ3n) is 5.51. The summed E-state index contributed by atoms with van der Waals surface area (Å²) < 4.78 is 17.6. The number of halogens is 2. The molecule has 0 fully saturated rings. The van der Waals surface area contributed by atoms with Gasteiger partial charge in [-0.25, -0.2) is 4.39 Å². The van der Waals surface area contributed by atoms with Crippen LogP contribution in [0.2, 0.25) is 5.02 Å². The molecule has 3 aromatic heterocycles. The van der Waals surface area contributed by atoms with E-state index in [2.05, 4.69) is 20.6 Å². The minimum Gasteiger partial charge on any atom is -0.350 e. The average molecular weight is 463 g/mol. The fourth-order valence-corrected chi connectivity index (χ4v) is 3.97. The van der Waals surface area contributed by atoms with E-state index in [1.165, 1.54) is 12.1 Å². The van der Waals surface area contributed by atoms with Gasteiger partial charge in [0.25, 0.3) is 5.91 Å². The summed E-state index contributed by atoms with van der Waals surface area (Å²) >= 11 is 5.97. The van der Waals surface area contributed by atoms with E-state index in [0.717, 1.165) is 22.6 Å². The first-order valence-corrected chi connectivity index (χ1v) is 10.9. The molecule has 5 rings (SSSR count). The number of rotatable bonds is 6. The van der Waals surface area contributed by atoms with Gasteiger partial charge in [0, 0.05) is 29.6 Å². The van der Waals surface area contributed by atoms with Crippen LogP contribution in [0, 0.1) is 12.7 Å². The predicted molar refractivity (Wildman–Crippen MR) is 124 cm³/mol. The molecule has 0 aliphatic heterocycles. The lowest BCUT2D eigenvalue weighted by molar-refractivity contribution is 0.0949. The summed E-state index contributed by atoms with van der Waals surface area (Å²) in [4.78, 5) is 13.0.